The highest BCUT2D eigenvalue weighted by molar-refractivity contribution is 5.92. The van der Waals surface area contributed by atoms with Crippen LogP contribution in [0, 0.1) is 6.92 Å². The molecule has 0 aliphatic carbocycles. The van der Waals surface area contributed by atoms with Gasteiger partial charge in [-0.05, 0) is 38.1 Å². The molecule has 32 heavy (non-hydrogen) atoms. The van der Waals surface area contributed by atoms with Crippen molar-refractivity contribution in [2.24, 2.45) is 0 Å². The van der Waals surface area contributed by atoms with E-state index in [2.05, 4.69) is 15.5 Å². The van der Waals surface area contributed by atoms with Gasteiger partial charge in [0.1, 0.15) is 5.69 Å². The molecular formula is C21H22F3N5O3. The summed E-state index contributed by atoms with van der Waals surface area (Å²) in [6, 6.07) is 6.91. The molecule has 0 radical (unpaired) electrons. The van der Waals surface area contributed by atoms with Crippen molar-refractivity contribution in [3.63, 3.8) is 0 Å². The fourth-order valence-electron chi connectivity index (χ4n) is 3.18. The third-order valence-electron chi connectivity index (χ3n) is 4.89. The standard InChI is InChI=1S/C21H22F3N5O3/c1-13(26-20(31)18-7-8-19(30)28(27-18)9-10-32-3)17-12-25-29(14(17)2)16-6-4-5-15(11-16)21(22,23)24/h4-8,11-13H,9-10H2,1-3H3,(H,26,31). The zero-order valence-electron chi connectivity index (χ0n) is 17.7. The van der Waals surface area contributed by atoms with Crippen LogP contribution in [0.3, 0.4) is 0 Å². The van der Waals surface area contributed by atoms with Crippen molar-refractivity contribution >= 4 is 5.91 Å². The second-order valence-electron chi connectivity index (χ2n) is 7.11. The van der Waals surface area contributed by atoms with Crippen molar-refractivity contribution in [2.45, 2.75) is 32.6 Å². The summed E-state index contributed by atoms with van der Waals surface area (Å²) < 4.78 is 46.6. The molecule has 0 fully saturated rings. The molecule has 0 saturated carbocycles. The summed E-state index contributed by atoms with van der Waals surface area (Å²) in [4.78, 5) is 24.5. The number of rotatable bonds is 7. The summed E-state index contributed by atoms with van der Waals surface area (Å²) in [5.41, 5.74) is 0.385. The van der Waals surface area contributed by atoms with E-state index in [1.807, 2.05) is 0 Å². The number of carbonyl (C=O) groups excluding carboxylic acids is 1. The summed E-state index contributed by atoms with van der Waals surface area (Å²) in [5.74, 6) is -0.505. The van der Waals surface area contributed by atoms with E-state index in [9.17, 15) is 22.8 Å². The second-order valence-corrected chi connectivity index (χ2v) is 7.11. The number of benzene rings is 1. The van der Waals surface area contributed by atoms with Crippen molar-refractivity contribution in [3.05, 3.63) is 75.5 Å². The highest BCUT2D eigenvalue weighted by atomic mass is 19.4. The molecule has 1 atom stereocenters. The summed E-state index contributed by atoms with van der Waals surface area (Å²) in [6.45, 7) is 3.89. The van der Waals surface area contributed by atoms with Gasteiger partial charge in [-0.3, -0.25) is 9.59 Å². The smallest absolute Gasteiger partial charge is 0.383 e. The fraction of sp³-hybridized carbons (Fsp3) is 0.333. The number of ether oxygens (including phenoxy) is 1. The Morgan fingerprint density at radius 1 is 1.25 bits per heavy atom. The quantitative estimate of drug-likeness (QED) is 0.599. The van der Waals surface area contributed by atoms with Gasteiger partial charge in [-0.2, -0.15) is 23.4 Å². The van der Waals surface area contributed by atoms with E-state index in [1.54, 1.807) is 13.8 Å². The second kappa shape index (κ2) is 9.35. The number of carbonyl (C=O) groups is 1. The van der Waals surface area contributed by atoms with Crippen LogP contribution in [-0.2, 0) is 17.5 Å². The highest BCUT2D eigenvalue weighted by Crippen LogP contribution is 2.31. The predicted octanol–water partition coefficient (Wildman–Crippen LogP) is 2.89. The number of alkyl halides is 3. The van der Waals surface area contributed by atoms with Crippen molar-refractivity contribution in [3.8, 4) is 5.69 Å². The van der Waals surface area contributed by atoms with Crippen LogP contribution in [-0.4, -0.2) is 39.2 Å². The molecule has 1 aromatic carbocycles. The third kappa shape index (κ3) is 5.05. The lowest BCUT2D eigenvalue weighted by Crippen LogP contribution is -2.32. The maximum Gasteiger partial charge on any atom is 0.416 e. The zero-order valence-corrected chi connectivity index (χ0v) is 17.7. The molecule has 0 bridgehead atoms. The number of amides is 1. The lowest BCUT2D eigenvalue weighted by molar-refractivity contribution is -0.137. The number of aromatic nitrogens is 4. The van der Waals surface area contributed by atoms with Gasteiger partial charge in [0, 0.05) is 24.4 Å². The number of methoxy groups -OCH3 is 1. The normalized spacial score (nSPS) is 12.6. The Morgan fingerprint density at radius 2 is 2.00 bits per heavy atom. The van der Waals surface area contributed by atoms with Gasteiger partial charge in [-0.25, -0.2) is 9.36 Å². The third-order valence-corrected chi connectivity index (χ3v) is 4.89. The number of halogens is 3. The first-order chi connectivity index (χ1) is 15.1. The summed E-state index contributed by atoms with van der Waals surface area (Å²) in [6.07, 6.45) is -2.97. The van der Waals surface area contributed by atoms with E-state index in [-0.39, 0.29) is 30.1 Å². The number of hydrogen-bond donors (Lipinski definition) is 1. The van der Waals surface area contributed by atoms with Crippen molar-refractivity contribution in [1.29, 1.82) is 0 Å². The van der Waals surface area contributed by atoms with E-state index >= 15 is 0 Å². The van der Waals surface area contributed by atoms with Gasteiger partial charge < -0.3 is 10.1 Å². The van der Waals surface area contributed by atoms with Crippen LogP contribution >= 0.6 is 0 Å². The van der Waals surface area contributed by atoms with Gasteiger partial charge in [-0.15, -0.1) is 0 Å². The van der Waals surface area contributed by atoms with E-state index in [0.717, 1.165) is 16.8 Å². The van der Waals surface area contributed by atoms with Crippen molar-refractivity contribution in [1.82, 2.24) is 24.9 Å². The zero-order chi connectivity index (χ0) is 23.5. The minimum absolute atomic E-state index is 0.0514. The average Bonchev–Trinajstić information content (AvgIpc) is 3.14. The maximum atomic E-state index is 13.0. The van der Waals surface area contributed by atoms with Crippen LogP contribution < -0.4 is 10.9 Å². The molecule has 1 amide bonds. The maximum absolute atomic E-state index is 13.0. The van der Waals surface area contributed by atoms with Crippen LogP contribution in [0.4, 0.5) is 13.2 Å². The Labute approximate surface area is 181 Å². The minimum Gasteiger partial charge on any atom is -0.383 e. The van der Waals surface area contributed by atoms with Gasteiger partial charge in [0.2, 0.25) is 0 Å². The van der Waals surface area contributed by atoms with Crippen LogP contribution in [0.1, 0.15) is 40.3 Å². The van der Waals surface area contributed by atoms with E-state index < -0.39 is 23.7 Å². The van der Waals surface area contributed by atoms with Crippen molar-refractivity contribution in [2.75, 3.05) is 13.7 Å². The fourth-order valence-corrected chi connectivity index (χ4v) is 3.18. The van der Waals surface area contributed by atoms with Gasteiger partial charge in [0.15, 0.2) is 0 Å². The largest absolute Gasteiger partial charge is 0.416 e. The van der Waals surface area contributed by atoms with E-state index in [4.69, 9.17) is 4.74 Å². The number of nitrogens with zero attached hydrogens (tertiary/aromatic N) is 4. The lowest BCUT2D eigenvalue weighted by atomic mass is 10.1. The molecule has 0 aliphatic rings. The molecule has 170 valence electrons. The average molecular weight is 449 g/mol. The van der Waals surface area contributed by atoms with Gasteiger partial charge in [0.25, 0.3) is 11.5 Å². The van der Waals surface area contributed by atoms with Gasteiger partial charge in [-0.1, -0.05) is 6.07 Å². The number of nitrogens with one attached hydrogen (secondary N) is 1. The summed E-state index contributed by atoms with van der Waals surface area (Å²) in [5, 5.41) is 11.0. The molecule has 0 spiro atoms. The lowest BCUT2D eigenvalue weighted by Gasteiger charge is -2.15. The van der Waals surface area contributed by atoms with E-state index in [1.165, 1.54) is 42.3 Å². The molecule has 1 unspecified atom stereocenters. The first kappa shape index (κ1) is 23.2. The molecule has 2 heterocycles. The minimum atomic E-state index is -4.46. The molecule has 3 rings (SSSR count). The molecule has 1 N–H and O–H groups in total. The molecule has 2 aromatic heterocycles. The number of hydrogen-bond acceptors (Lipinski definition) is 5. The molecule has 8 nitrogen and oxygen atoms in total. The molecule has 0 saturated heterocycles. The first-order valence-electron chi connectivity index (χ1n) is 9.72. The SMILES string of the molecule is COCCn1nc(C(=O)NC(C)c2cnn(-c3cccc(C(F)(F)F)c3)c2C)ccc1=O. The predicted molar refractivity (Wildman–Crippen MR) is 110 cm³/mol. The van der Waals surface area contributed by atoms with Crippen LogP contribution in [0.5, 0.6) is 0 Å². The van der Waals surface area contributed by atoms with Gasteiger partial charge in [0.05, 0.1) is 36.6 Å². The monoisotopic (exact) mass is 449 g/mol. The van der Waals surface area contributed by atoms with Crippen molar-refractivity contribution < 1.29 is 22.7 Å². The van der Waals surface area contributed by atoms with Crippen LogP contribution in [0.15, 0.2) is 47.4 Å². The van der Waals surface area contributed by atoms with Crippen LogP contribution in [0.2, 0.25) is 0 Å². The Kier molecular flexibility index (Phi) is 6.78. The molecule has 3 aromatic rings. The van der Waals surface area contributed by atoms with E-state index in [0.29, 0.717) is 11.3 Å². The highest BCUT2D eigenvalue weighted by Gasteiger charge is 2.30. The molecular weight excluding hydrogens is 427 g/mol. The molecule has 0 aliphatic heterocycles. The molecule has 11 heteroatoms. The Hall–Kier alpha value is -3.47. The Bertz CT molecular complexity index is 1170. The first-order valence-corrected chi connectivity index (χ1v) is 9.72. The Balaban J connectivity index is 1.80. The van der Waals surface area contributed by atoms with Gasteiger partial charge >= 0.3 is 6.18 Å². The van der Waals surface area contributed by atoms with Crippen LogP contribution in [0.25, 0.3) is 5.69 Å². The summed E-state index contributed by atoms with van der Waals surface area (Å²) in [7, 11) is 1.49. The Morgan fingerprint density at radius 3 is 2.69 bits per heavy atom. The summed E-state index contributed by atoms with van der Waals surface area (Å²) >= 11 is 0. The topological polar surface area (TPSA) is 91.0 Å².